The summed E-state index contributed by atoms with van der Waals surface area (Å²) >= 11 is 0. The Morgan fingerprint density at radius 2 is 1.54 bits per heavy atom. The summed E-state index contributed by atoms with van der Waals surface area (Å²) in [6.07, 6.45) is 0. The van der Waals surface area contributed by atoms with Crippen LogP contribution in [0.3, 0.4) is 0 Å². The van der Waals surface area contributed by atoms with Gasteiger partial charge < -0.3 is 10.6 Å². The van der Waals surface area contributed by atoms with E-state index in [4.69, 9.17) is 0 Å². The number of carbonyl (C=O) groups is 2. The van der Waals surface area contributed by atoms with Crippen LogP contribution in [0.5, 0.6) is 0 Å². The summed E-state index contributed by atoms with van der Waals surface area (Å²) in [6, 6.07) is 7.17. The van der Waals surface area contributed by atoms with Gasteiger partial charge in [-0.3, -0.25) is 9.59 Å². The quantitative estimate of drug-likeness (QED) is 0.648. The zero-order valence-electron chi connectivity index (χ0n) is 12.2. The third-order valence-corrected chi connectivity index (χ3v) is 3.12. The summed E-state index contributed by atoms with van der Waals surface area (Å²) in [5.74, 6) is -7.06. The molecule has 2 N–H and O–H groups in total. The second-order valence-electron chi connectivity index (χ2n) is 4.77. The maximum atomic E-state index is 13.4. The van der Waals surface area contributed by atoms with Crippen molar-refractivity contribution in [2.75, 3.05) is 6.54 Å². The van der Waals surface area contributed by atoms with Gasteiger partial charge in [-0.1, -0.05) is 18.2 Å². The molecule has 126 valence electrons. The smallest absolute Gasteiger partial charge is 0.254 e. The fourth-order valence-electron chi connectivity index (χ4n) is 1.86. The third-order valence-electron chi connectivity index (χ3n) is 3.12. The van der Waals surface area contributed by atoms with E-state index in [1.165, 1.54) is 18.2 Å². The van der Waals surface area contributed by atoms with Gasteiger partial charge in [0, 0.05) is 12.1 Å². The highest BCUT2D eigenvalue weighted by atomic mass is 19.2. The summed E-state index contributed by atoms with van der Waals surface area (Å²) in [4.78, 5) is 23.3. The molecule has 0 atom stereocenters. The lowest BCUT2D eigenvalue weighted by Crippen LogP contribution is -2.37. The molecule has 0 saturated heterocycles. The zero-order chi connectivity index (χ0) is 17.7. The number of hydrogen-bond donors (Lipinski definition) is 2. The van der Waals surface area contributed by atoms with Crippen molar-refractivity contribution in [3.8, 4) is 0 Å². The van der Waals surface area contributed by atoms with E-state index >= 15 is 0 Å². The number of amides is 2. The predicted octanol–water partition coefficient (Wildman–Crippen LogP) is 2.29. The Hall–Kier alpha value is -2.90. The van der Waals surface area contributed by atoms with Gasteiger partial charge in [-0.05, 0) is 18.2 Å². The van der Waals surface area contributed by atoms with Crippen molar-refractivity contribution in [2.45, 2.75) is 6.54 Å². The van der Waals surface area contributed by atoms with E-state index in [0.717, 1.165) is 6.07 Å². The normalized spacial score (nSPS) is 10.3. The molecule has 0 heterocycles. The molecular weight excluding hydrogens is 328 g/mol. The van der Waals surface area contributed by atoms with Gasteiger partial charge in [-0.2, -0.15) is 0 Å². The Labute approximate surface area is 134 Å². The van der Waals surface area contributed by atoms with Gasteiger partial charge in [0.15, 0.2) is 17.5 Å². The molecule has 0 aromatic heterocycles. The van der Waals surface area contributed by atoms with Crippen molar-refractivity contribution in [1.82, 2.24) is 10.6 Å². The van der Waals surface area contributed by atoms with Crippen LogP contribution in [0.1, 0.15) is 15.9 Å². The van der Waals surface area contributed by atoms with Crippen LogP contribution < -0.4 is 10.6 Å². The fraction of sp³-hybridized carbons (Fsp3) is 0.125. The van der Waals surface area contributed by atoms with Crippen molar-refractivity contribution >= 4 is 11.8 Å². The molecule has 0 fully saturated rings. The monoisotopic (exact) mass is 340 g/mol. The standard InChI is InChI=1S/C16H12F4N2O2/c17-11-4-2-1-3-9(11)7-21-13(23)8-22-16(24)10-5-6-12(18)15(20)14(10)19/h1-6H,7-8H2,(H,21,23)(H,22,24). The molecule has 2 amide bonds. The Bertz CT molecular complexity index is 781. The molecule has 0 aliphatic rings. The molecule has 24 heavy (non-hydrogen) atoms. The minimum absolute atomic E-state index is 0.0963. The molecule has 2 aromatic carbocycles. The third kappa shape index (κ3) is 4.09. The van der Waals surface area contributed by atoms with Gasteiger partial charge >= 0.3 is 0 Å². The lowest BCUT2D eigenvalue weighted by atomic mass is 10.2. The molecule has 0 aliphatic heterocycles. The van der Waals surface area contributed by atoms with Crippen molar-refractivity contribution in [1.29, 1.82) is 0 Å². The Kier molecular flexibility index (Phi) is 5.51. The van der Waals surface area contributed by atoms with Crippen molar-refractivity contribution in [3.63, 3.8) is 0 Å². The Morgan fingerprint density at radius 3 is 2.25 bits per heavy atom. The highest BCUT2D eigenvalue weighted by Crippen LogP contribution is 2.14. The maximum absolute atomic E-state index is 13.4. The van der Waals surface area contributed by atoms with E-state index in [1.54, 1.807) is 6.07 Å². The number of nitrogens with one attached hydrogen (secondary N) is 2. The van der Waals surface area contributed by atoms with Crippen LogP contribution in [0.4, 0.5) is 17.6 Å². The Morgan fingerprint density at radius 1 is 0.833 bits per heavy atom. The average molecular weight is 340 g/mol. The maximum Gasteiger partial charge on any atom is 0.254 e. The first-order valence-corrected chi connectivity index (χ1v) is 6.82. The molecule has 0 saturated carbocycles. The first-order valence-electron chi connectivity index (χ1n) is 6.82. The molecule has 0 radical (unpaired) electrons. The van der Waals surface area contributed by atoms with Crippen LogP contribution in [0.15, 0.2) is 36.4 Å². The minimum atomic E-state index is -1.77. The van der Waals surface area contributed by atoms with Crippen molar-refractivity contribution < 1.29 is 27.2 Å². The van der Waals surface area contributed by atoms with Gasteiger partial charge in [-0.25, -0.2) is 17.6 Å². The van der Waals surface area contributed by atoms with E-state index in [2.05, 4.69) is 10.6 Å². The van der Waals surface area contributed by atoms with Crippen LogP contribution in [-0.4, -0.2) is 18.4 Å². The van der Waals surface area contributed by atoms with Crippen LogP contribution in [0.25, 0.3) is 0 Å². The zero-order valence-corrected chi connectivity index (χ0v) is 12.2. The number of carbonyl (C=O) groups excluding carboxylic acids is 2. The fourth-order valence-corrected chi connectivity index (χ4v) is 1.86. The average Bonchev–Trinajstić information content (AvgIpc) is 2.57. The van der Waals surface area contributed by atoms with E-state index < -0.39 is 47.2 Å². The molecule has 2 aromatic rings. The molecule has 8 heteroatoms. The highest BCUT2D eigenvalue weighted by molar-refractivity contribution is 5.96. The summed E-state index contributed by atoms with van der Waals surface area (Å²) in [6.45, 7) is -0.632. The molecule has 0 bridgehead atoms. The second-order valence-corrected chi connectivity index (χ2v) is 4.77. The van der Waals surface area contributed by atoms with Crippen LogP contribution in [0, 0.1) is 23.3 Å². The van der Waals surface area contributed by atoms with Crippen LogP contribution in [-0.2, 0) is 11.3 Å². The van der Waals surface area contributed by atoms with Crippen molar-refractivity contribution in [2.24, 2.45) is 0 Å². The summed E-state index contributed by atoms with van der Waals surface area (Å²) in [5.41, 5.74) is -0.473. The summed E-state index contributed by atoms with van der Waals surface area (Å²) in [5, 5.41) is 4.42. The van der Waals surface area contributed by atoms with Gasteiger partial charge in [0.2, 0.25) is 5.91 Å². The predicted molar refractivity (Wildman–Crippen MR) is 76.9 cm³/mol. The first-order chi connectivity index (χ1) is 11.4. The first kappa shape index (κ1) is 17.5. The largest absolute Gasteiger partial charge is 0.350 e. The number of benzene rings is 2. The lowest BCUT2D eigenvalue weighted by molar-refractivity contribution is -0.120. The Balaban J connectivity index is 1.89. The molecule has 0 unspecified atom stereocenters. The second kappa shape index (κ2) is 7.58. The number of rotatable bonds is 5. The highest BCUT2D eigenvalue weighted by Gasteiger charge is 2.19. The van der Waals surface area contributed by atoms with Crippen molar-refractivity contribution in [3.05, 3.63) is 70.8 Å². The summed E-state index contributed by atoms with van der Waals surface area (Å²) in [7, 11) is 0. The lowest BCUT2D eigenvalue weighted by Gasteiger charge is -2.08. The number of halogens is 4. The van der Waals surface area contributed by atoms with Gasteiger partial charge in [0.25, 0.3) is 5.91 Å². The van der Waals surface area contributed by atoms with Gasteiger partial charge in [0.1, 0.15) is 5.82 Å². The van der Waals surface area contributed by atoms with E-state index in [-0.39, 0.29) is 12.1 Å². The van der Waals surface area contributed by atoms with Crippen LogP contribution in [0.2, 0.25) is 0 Å². The summed E-state index contributed by atoms with van der Waals surface area (Å²) < 4.78 is 52.6. The molecule has 0 aliphatic carbocycles. The number of hydrogen-bond acceptors (Lipinski definition) is 2. The van der Waals surface area contributed by atoms with E-state index in [0.29, 0.717) is 6.07 Å². The van der Waals surface area contributed by atoms with E-state index in [1.807, 2.05) is 0 Å². The minimum Gasteiger partial charge on any atom is -0.350 e. The molecule has 0 spiro atoms. The molecular formula is C16H12F4N2O2. The molecule has 2 rings (SSSR count). The topological polar surface area (TPSA) is 58.2 Å². The van der Waals surface area contributed by atoms with Gasteiger partial charge in [0.05, 0.1) is 12.1 Å². The van der Waals surface area contributed by atoms with E-state index in [9.17, 15) is 27.2 Å². The SMILES string of the molecule is O=C(CNC(=O)c1ccc(F)c(F)c1F)NCc1ccccc1F. The molecule has 4 nitrogen and oxygen atoms in total. The van der Waals surface area contributed by atoms with Gasteiger partial charge in [-0.15, -0.1) is 0 Å². The van der Waals surface area contributed by atoms with Crippen LogP contribution >= 0.6 is 0 Å².